The van der Waals surface area contributed by atoms with E-state index in [1.807, 2.05) is 13.0 Å². The first-order valence-corrected chi connectivity index (χ1v) is 8.24. The van der Waals surface area contributed by atoms with Gasteiger partial charge >= 0.3 is 0 Å². The second kappa shape index (κ2) is 5.90. The molecule has 0 bridgehead atoms. The molecule has 0 aliphatic heterocycles. The van der Waals surface area contributed by atoms with Gasteiger partial charge in [0.1, 0.15) is 5.00 Å². The van der Waals surface area contributed by atoms with E-state index in [1.165, 1.54) is 22.9 Å². The topological polar surface area (TPSA) is 84.0 Å². The van der Waals surface area contributed by atoms with E-state index in [0.717, 1.165) is 23.5 Å². The number of nitrogens with one attached hydrogen (secondary N) is 2. The number of nitrogens with zero attached hydrogens (tertiary/aromatic N) is 2. The van der Waals surface area contributed by atoms with Gasteiger partial charge in [-0.05, 0) is 37.4 Å². The van der Waals surface area contributed by atoms with E-state index in [1.54, 1.807) is 5.38 Å². The van der Waals surface area contributed by atoms with Crippen molar-refractivity contribution < 1.29 is 9.59 Å². The van der Waals surface area contributed by atoms with Gasteiger partial charge in [-0.3, -0.25) is 9.59 Å². The molecule has 2 aromatic heterocycles. The number of hydrogen-bond donors (Lipinski definition) is 2. The Bertz CT molecular complexity index is 675. The first-order chi connectivity index (χ1) is 10.1. The molecular weight excluding hydrogens is 308 g/mol. The Balaban J connectivity index is 1.53. The summed E-state index contributed by atoms with van der Waals surface area (Å²) in [4.78, 5) is 27.8. The Morgan fingerprint density at radius 1 is 1.38 bits per heavy atom. The molecule has 1 fully saturated rings. The SMILES string of the molecule is Cc1cc(NC(=O)Cc2csc(NC(=O)C3CC3)n2)sn1. The van der Waals surface area contributed by atoms with Crippen LogP contribution in [0.3, 0.4) is 0 Å². The fraction of sp³-hybridized carbons (Fsp3) is 0.385. The highest BCUT2D eigenvalue weighted by atomic mass is 32.1. The third-order valence-electron chi connectivity index (χ3n) is 2.96. The van der Waals surface area contributed by atoms with Gasteiger partial charge in [0.05, 0.1) is 17.8 Å². The minimum Gasteiger partial charge on any atom is -0.316 e. The third kappa shape index (κ3) is 3.85. The Hall–Kier alpha value is -1.80. The van der Waals surface area contributed by atoms with Crippen LogP contribution in [0, 0.1) is 12.8 Å². The van der Waals surface area contributed by atoms with Crippen LogP contribution in [0.4, 0.5) is 10.1 Å². The second-order valence-electron chi connectivity index (χ2n) is 4.97. The van der Waals surface area contributed by atoms with Gasteiger partial charge < -0.3 is 10.6 Å². The Labute approximate surface area is 129 Å². The molecule has 3 rings (SSSR count). The minimum atomic E-state index is -0.135. The molecule has 21 heavy (non-hydrogen) atoms. The van der Waals surface area contributed by atoms with Gasteiger partial charge in [0, 0.05) is 11.3 Å². The summed E-state index contributed by atoms with van der Waals surface area (Å²) in [7, 11) is 0. The van der Waals surface area contributed by atoms with Gasteiger partial charge in [-0.2, -0.15) is 4.37 Å². The molecule has 2 amide bonds. The van der Waals surface area contributed by atoms with Crippen molar-refractivity contribution in [3.8, 4) is 0 Å². The van der Waals surface area contributed by atoms with E-state index >= 15 is 0 Å². The van der Waals surface area contributed by atoms with Gasteiger partial charge in [-0.1, -0.05) is 0 Å². The van der Waals surface area contributed by atoms with Crippen molar-refractivity contribution in [2.75, 3.05) is 10.6 Å². The summed E-state index contributed by atoms with van der Waals surface area (Å²) in [6.45, 7) is 1.88. The molecule has 0 radical (unpaired) electrons. The van der Waals surface area contributed by atoms with Crippen molar-refractivity contribution in [2.24, 2.45) is 5.92 Å². The summed E-state index contributed by atoms with van der Waals surface area (Å²) in [5, 5.41) is 8.65. The van der Waals surface area contributed by atoms with Crippen LogP contribution in [-0.4, -0.2) is 21.2 Å². The van der Waals surface area contributed by atoms with E-state index in [9.17, 15) is 9.59 Å². The maximum Gasteiger partial charge on any atom is 0.231 e. The summed E-state index contributed by atoms with van der Waals surface area (Å²) in [6, 6.07) is 1.82. The van der Waals surface area contributed by atoms with Crippen LogP contribution in [0.15, 0.2) is 11.4 Å². The predicted molar refractivity (Wildman–Crippen MR) is 82.7 cm³/mol. The fourth-order valence-electron chi connectivity index (χ4n) is 1.77. The predicted octanol–water partition coefficient (Wildman–Crippen LogP) is 2.44. The standard InChI is InChI=1S/C13H14N4O2S2/c1-7-4-11(21-17-7)15-10(18)5-9-6-20-13(14-9)16-12(19)8-2-3-8/h4,6,8H,2-3,5H2,1H3,(H,15,18)(H,14,16,19). The number of hydrogen-bond acceptors (Lipinski definition) is 6. The zero-order chi connectivity index (χ0) is 14.8. The molecule has 2 N–H and O–H groups in total. The minimum absolute atomic E-state index is 0.0282. The number of thiazole rings is 1. The van der Waals surface area contributed by atoms with Gasteiger partial charge in [0.2, 0.25) is 11.8 Å². The molecule has 1 saturated carbocycles. The molecule has 8 heteroatoms. The van der Waals surface area contributed by atoms with Gasteiger partial charge in [-0.15, -0.1) is 11.3 Å². The summed E-state index contributed by atoms with van der Waals surface area (Å²) < 4.78 is 4.10. The van der Waals surface area contributed by atoms with E-state index in [2.05, 4.69) is 20.0 Å². The van der Waals surface area contributed by atoms with Crippen molar-refractivity contribution in [3.63, 3.8) is 0 Å². The summed E-state index contributed by atoms with van der Waals surface area (Å²) in [5.74, 6) is 0.0414. The summed E-state index contributed by atoms with van der Waals surface area (Å²) >= 11 is 2.60. The Morgan fingerprint density at radius 3 is 2.86 bits per heavy atom. The molecule has 0 saturated heterocycles. The maximum atomic E-state index is 11.9. The van der Waals surface area contributed by atoms with Crippen molar-refractivity contribution in [2.45, 2.75) is 26.2 Å². The molecule has 6 nitrogen and oxygen atoms in total. The average molecular weight is 322 g/mol. The third-order valence-corrected chi connectivity index (χ3v) is 4.56. The number of aryl methyl sites for hydroxylation is 1. The van der Waals surface area contributed by atoms with E-state index < -0.39 is 0 Å². The van der Waals surface area contributed by atoms with Crippen LogP contribution < -0.4 is 10.6 Å². The summed E-state index contributed by atoms with van der Waals surface area (Å²) in [5.41, 5.74) is 1.54. The van der Waals surface area contributed by atoms with E-state index in [-0.39, 0.29) is 24.2 Å². The first kappa shape index (κ1) is 14.2. The van der Waals surface area contributed by atoms with Gasteiger partial charge in [-0.25, -0.2) is 4.98 Å². The van der Waals surface area contributed by atoms with Crippen LogP contribution in [0.2, 0.25) is 0 Å². The molecule has 110 valence electrons. The van der Waals surface area contributed by atoms with Crippen molar-refractivity contribution in [3.05, 3.63) is 22.8 Å². The van der Waals surface area contributed by atoms with Gasteiger partial charge in [0.15, 0.2) is 5.13 Å². The van der Waals surface area contributed by atoms with Gasteiger partial charge in [0.25, 0.3) is 0 Å². The second-order valence-corrected chi connectivity index (χ2v) is 6.63. The first-order valence-electron chi connectivity index (χ1n) is 6.58. The number of aromatic nitrogens is 2. The maximum absolute atomic E-state index is 11.9. The molecule has 2 heterocycles. The van der Waals surface area contributed by atoms with E-state index in [4.69, 9.17) is 0 Å². The van der Waals surface area contributed by atoms with Crippen LogP contribution in [0.25, 0.3) is 0 Å². The molecule has 1 aliphatic rings. The number of carbonyl (C=O) groups excluding carboxylic acids is 2. The largest absolute Gasteiger partial charge is 0.316 e. The smallest absolute Gasteiger partial charge is 0.231 e. The zero-order valence-electron chi connectivity index (χ0n) is 11.4. The number of anilines is 2. The fourth-order valence-corrected chi connectivity index (χ4v) is 3.16. The Morgan fingerprint density at radius 2 is 2.19 bits per heavy atom. The highest BCUT2D eigenvalue weighted by molar-refractivity contribution is 7.14. The molecular formula is C13H14N4O2S2. The molecule has 2 aromatic rings. The van der Waals surface area contributed by atoms with Crippen LogP contribution >= 0.6 is 22.9 Å². The van der Waals surface area contributed by atoms with Crippen LogP contribution in [0.5, 0.6) is 0 Å². The van der Waals surface area contributed by atoms with Crippen LogP contribution in [-0.2, 0) is 16.0 Å². The zero-order valence-corrected chi connectivity index (χ0v) is 13.0. The highest BCUT2D eigenvalue weighted by Gasteiger charge is 2.30. The van der Waals surface area contributed by atoms with Crippen molar-refractivity contribution >= 4 is 44.8 Å². The van der Waals surface area contributed by atoms with E-state index in [0.29, 0.717) is 10.8 Å². The lowest BCUT2D eigenvalue weighted by Gasteiger charge is -2.00. The molecule has 1 aliphatic carbocycles. The molecule has 0 atom stereocenters. The Kier molecular flexibility index (Phi) is 3.98. The molecule has 0 spiro atoms. The summed E-state index contributed by atoms with van der Waals surface area (Å²) in [6.07, 6.45) is 2.11. The molecule has 0 aromatic carbocycles. The monoisotopic (exact) mass is 322 g/mol. The average Bonchev–Trinajstić information content (AvgIpc) is 3.08. The highest BCUT2D eigenvalue weighted by Crippen LogP contribution is 2.30. The van der Waals surface area contributed by atoms with Crippen molar-refractivity contribution in [1.82, 2.24) is 9.36 Å². The van der Waals surface area contributed by atoms with Crippen LogP contribution in [0.1, 0.15) is 24.2 Å². The lowest BCUT2D eigenvalue weighted by molar-refractivity contribution is -0.117. The van der Waals surface area contributed by atoms with Crippen molar-refractivity contribution in [1.29, 1.82) is 0 Å². The lowest BCUT2D eigenvalue weighted by atomic mass is 10.3. The number of rotatable bonds is 5. The normalized spacial score (nSPS) is 14.0. The molecule has 0 unspecified atom stereocenters. The quantitative estimate of drug-likeness (QED) is 0.885. The lowest BCUT2D eigenvalue weighted by Crippen LogP contribution is -2.15. The number of amides is 2. The number of carbonyl (C=O) groups is 2.